The van der Waals surface area contributed by atoms with Crippen LogP contribution < -0.4 is 5.32 Å². The van der Waals surface area contributed by atoms with E-state index >= 15 is 0 Å². The quantitative estimate of drug-likeness (QED) is 0.455. The molecule has 0 spiro atoms. The van der Waals surface area contributed by atoms with Gasteiger partial charge in [-0.2, -0.15) is 5.10 Å². The maximum Gasteiger partial charge on any atom is 0.412 e. The summed E-state index contributed by atoms with van der Waals surface area (Å²) in [5, 5.41) is 9.89. The molecule has 0 radical (unpaired) electrons. The summed E-state index contributed by atoms with van der Waals surface area (Å²) < 4.78 is 7.21. The zero-order valence-electron chi connectivity index (χ0n) is 17.5. The van der Waals surface area contributed by atoms with Crippen molar-refractivity contribution >= 4 is 33.3 Å². The lowest BCUT2D eigenvalue weighted by atomic mass is 10.1. The Labute approximate surface area is 179 Å². The molecule has 0 aliphatic rings. The number of ether oxygens (including phenoxy) is 1. The first-order valence-electron chi connectivity index (χ1n) is 9.86. The van der Waals surface area contributed by atoms with Crippen LogP contribution in [0.3, 0.4) is 0 Å². The molecule has 1 N–H and O–H groups in total. The third-order valence-electron chi connectivity index (χ3n) is 4.91. The lowest BCUT2D eigenvalue weighted by molar-refractivity contribution is 0.155. The van der Waals surface area contributed by atoms with Crippen LogP contribution in [0.4, 0.5) is 9.80 Å². The van der Waals surface area contributed by atoms with Gasteiger partial charge in [-0.05, 0) is 43.5 Å². The molecule has 4 rings (SSSR count). The van der Waals surface area contributed by atoms with E-state index in [0.29, 0.717) is 0 Å². The first-order valence-corrected chi connectivity index (χ1v) is 10.7. The summed E-state index contributed by atoms with van der Waals surface area (Å²) in [6.07, 6.45) is 2.19. The molecule has 30 heavy (non-hydrogen) atoms. The number of aromatic nitrogens is 3. The number of hydrogen-bond donors (Lipinski definition) is 1. The Bertz CT molecular complexity index is 1230. The van der Waals surface area contributed by atoms with Gasteiger partial charge in [0.1, 0.15) is 16.6 Å². The van der Waals surface area contributed by atoms with E-state index in [-0.39, 0.29) is 6.61 Å². The second kappa shape index (κ2) is 8.28. The van der Waals surface area contributed by atoms with Gasteiger partial charge in [0, 0.05) is 24.2 Å². The summed E-state index contributed by atoms with van der Waals surface area (Å²) in [5.74, 6) is 0. The zero-order chi connectivity index (χ0) is 21.3. The van der Waals surface area contributed by atoms with E-state index in [0.717, 1.165) is 44.2 Å². The predicted molar refractivity (Wildman–Crippen MR) is 121 cm³/mol. The van der Waals surface area contributed by atoms with Gasteiger partial charge in [-0.1, -0.05) is 48.1 Å². The summed E-state index contributed by atoms with van der Waals surface area (Å²) >= 11 is 1.48. The van der Waals surface area contributed by atoms with Crippen molar-refractivity contribution in [2.75, 3.05) is 5.32 Å². The molecule has 0 bridgehead atoms. The molecule has 7 heteroatoms. The zero-order valence-corrected chi connectivity index (χ0v) is 18.3. The van der Waals surface area contributed by atoms with E-state index < -0.39 is 6.09 Å². The van der Waals surface area contributed by atoms with Crippen LogP contribution in [-0.4, -0.2) is 20.9 Å². The Morgan fingerprint density at radius 1 is 1.20 bits per heavy atom. The van der Waals surface area contributed by atoms with Gasteiger partial charge in [-0.3, -0.25) is 10.00 Å². The third-order valence-corrected chi connectivity index (χ3v) is 5.96. The molecule has 2 aromatic carbocycles. The molecule has 2 heterocycles. The van der Waals surface area contributed by atoms with Crippen LogP contribution in [-0.2, 0) is 24.8 Å². The van der Waals surface area contributed by atoms with Gasteiger partial charge >= 0.3 is 6.09 Å². The van der Waals surface area contributed by atoms with E-state index in [4.69, 9.17) is 9.72 Å². The monoisotopic (exact) mass is 420 g/mol. The molecule has 0 unspecified atom stereocenters. The second-order valence-electron chi connectivity index (χ2n) is 7.36. The van der Waals surface area contributed by atoms with Crippen LogP contribution in [0.1, 0.15) is 29.3 Å². The van der Waals surface area contributed by atoms with Gasteiger partial charge in [-0.15, -0.1) is 0 Å². The minimum Gasteiger partial charge on any atom is -0.444 e. The van der Waals surface area contributed by atoms with Crippen molar-refractivity contribution in [3.8, 4) is 10.6 Å². The minimum atomic E-state index is -0.480. The van der Waals surface area contributed by atoms with E-state index in [1.165, 1.54) is 22.5 Å². The first kappa shape index (κ1) is 20.1. The molecule has 0 aliphatic heterocycles. The Hall–Kier alpha value is -3.19. The highest BCUT2D eigenvalue weighted by Gasteiger charge is 2.16. The fourth-order valence-electron chi connectivity index (χ4n) is 3.42. The first-order chi connectivity index (χ1) is 14.4. The Morgan fingerprint density at radius 2 is 2.03 bits per heavy atom. The number of carbonyl (C=O) groups excluding carboxylic acids is 1. The van der Waals surface area contributed by atoms with E-state index in [1.807, 2.05) is 38.4 Å². The molecule has 0 saturated heterocycles. The fraction of sp³-hybridized carbons (Fsp3) is 0.261. The predicted octanol–water partition coefficient (Wildman–Crippen LogP) is 5.62. The molecular weight excluding hydrogens is 396 g/mol. The number of amides is 1. The summed E-state index contributed by atoms with van der Waals surface area (Å²) in [5.41, 5.74) is 6.18. The minimum absolute atomic E-state index is 0.195. The van der Waals surface area contributed by atoms with Crippen LogP contribution in [0, 0.1) is 13.8 Å². The number of anilines is 1. The van der Waals surface area contributed by atoms with Crippen molar-refractivity contribution in [1.82, 2.24) is 14.8 Å². The van der Waals surface area contributed by atoms with Gasteiger partial charge < -0.3 is 4.74 Å². The van der Waals surface area contributed by atoms with Crippen molar-refractivity contribution in [3.63, 3.8) is 0 Å². The molecular formula is C23H24N4O2S. The van der Waals surface area contributed by atoms with E-state index in [2.05, 4.69) is 42.5 Å². The van der Waals surface area contributed by atoms with Crippen molar-refractivity contribution in [3.05, 3.63) is 65.0 Å². The number of aryl methyl sites for hydroxylation is 4. The van der Waals surface area contributed by atoms with Crippen molar-refractivity contribution in [2.24, 2.45) is 7.05 Å². The van der Waals surface area contributed by atoms with Crippen LogP contribution in [0.5, 0.6) is 0 Å². The number of hydrogen-bond acceptors (Lipinski definition) is 5. The maximum absolute atomic E-state index is 12.4. The van der Waals surface area contributed by atoms with Gasteiger partial charge in [0.25, 0.3) is 0 Å². The Kier molecular flexibility index (Phi) is 5.55. The summed E-state index contributed by atoms with van der Waals surface area (Å²) in [4.78, 5) is 17.1. The van der Waals surface area contributed by atoms with Crippen LogP contribution >= 0.6 is 11.3 Å². The topological polar surface area (TPSA) is 69.0 Å². The standard InChI is InChI=1S/C23H24N4O2S/c1-5-19-22(30-21(24-19)18-8-6-14(2)10-15(18)3)25-23(28)29-13-16-7-9-20-17(11-16)12-27(4)26-20/h6-12H,5,13H2,1-4H3,(H,25,28). The Morgan fingerprint density at radius 3 is 2.80 bits per heavy atom. The van der Waals surface area contributed by atoms with Crippen LogP contribution in [0.2, 0.25) is 0 Å². The largest absolute Gasteiger partial charge is 0.444 e. The summed E-state index contributed by atoms with van der Waals surface area (Å²) in [7, 11) is 1.89. The smallest absolute Gasteiger partial charge is 0.412 e. The third kappa shape index (κ3) is 4.21. The van der Waals surface area contributed by atoms with Crippen molar-refractivity contribution in [2.45, 2.75) is 33.8 Å². The maximum atomic E-state index is 12.4. The average Bonchev–Trinajstić information content (AvgIpc) is 3.27. The second-order valence-corrected chi connectivity index (χ2v) is 8.36. The fourth-order valence-corrected chi connectivity index (χ4v) is 4.55. The van der Waals surface area contributed by atoms with Crippen LogP contribution in [0.15, 0.2) is 42.6 Å². The van der Waals surface area contributed by atoms with Crippen LogP contribution in [0.25, 0.3) is 21.5 Å². The SMILES string of the molecule is CCc1nc(-c2ccc(C)cc2C)sc1NC(=O)OCc1ccc2nn(C)cc2c1. The lowest BCUT2D eigenvalue weighted by Crippen LogP contribution is -2.13. The lowest BCUT2D eigenvalue weighted by Gasteiger charge is -2.06. The average molecular weight is 421 g/mol. The molecule has 2 aromatic heterocycles. The van der Waals surface area contributed by atoms with Gasteiger partial charge in [0.05, 0.1) is 11.2 Å². The number of rotatable bonds is 5. The van der Waals surface area contributed by atoms with Crippen molar-refractivity contribution in [1.29, 1.82) is 0 Å². The molecule has 0 saturated carbocycles. The Balaban J connectivity index is 1.46. The highest BCUT2D eigenvalue weighted by molar-refractivity contribution is 7.19. The number of benzene rings is 2. The highest BCUT2D eigenvalue weighted by atomic mass is 32.1. The molecule has 6 nitrogen and oxygen atoms in total. The number of nitrogens with one attached hydrogen (secondary N) is 1. The number of carbonyl (C=O) groups is 1. The van der Waals surface area contributed by atoms with Gasteiger partial charge in [0.15, 0.2) is 0 Å². The molecule has 4 aromatic rings. The molecule has 1 amide bonds. The molecule has 0 aliphatic carbocycles. The molecule has 0 atom stereocenters. The normalized spacial score (nSPS) is 11.1. The number of fused-ring (bicyclic) bond motifs is 1. The molecule has 154 valence electrons. The number of thiazole rings is 1. The van der Waals surface area contributed by atoms with E-state index in [1.54, 1.807) is 4.68 Å². The summed E-state index contributed by atoms with van der Waals surface area (Å²) in [6, 6.07) is 12.1. The number of nitrogens with zero attached hydrogens (tertiary/aromatic N) is 3. The summed E-state index contributed by atoms with van der Waals surface area (Å²) in [6.45, 7) is 6.38. The van der Waals surface area contributed by atoms with Gasteiger partial charge in [-0.25, -0.2) is 9.78 Å². The molecule has 0 fully saturated rings. The van der Waals surface area contributed by atoms with Crippen molar-refractivity contribution < 1.29 is 9.53 Å². The highest BCUT2D eigenvalue weighted by Crippen LogP contribution is 2.34. The van der Waals surface area contributed by atoms with Gasteiger partial charge in [0.2, 0.25) is 0 Å². The van der Waals surface area contributed by atoms with E-state index in [9.17, 15) is 4.79 Å².